The van der Waals surface area contributed by atoms with Crippen molar-refractivity contribution in [3.8, 4) is 0 Å². The van der Waals surface area contributed by atoms with Crippen LogP contribution in [-0.4, -0.2) is 31.3 Å². The highest BCUT2D eigenvalue weighted by Gasteiger charge is 2.24. The fourth-order valence-electron chi connectivity index (χ4n) is 4.37. The Bertz CT molecular complexity index is 944. The third-order valence-electron chi connectivity index (χ3n) is 5.75. The van der Waals surface area contributed by atoms with E-state index in [1.807, 2.05) is 0 Å². The van der Waals surface area contributed by atoms with Gasteiger partial charge in [0.25, 0.3) is 0 Å². The second kappa shape index (κ2) is 7.21. The molecule has 5 heteroatoms. The Kier molecular flexibility index (Phi) is 4.58. The number of halogens is 1. The molecule has 0 saturated carbocycles. The van der Waals surface area contributed by atoms with Gasteiger partial charge in [0, 0.05) is 45.5 Å². The van der Waals surface area contributed by atoms with Crippen LogP contribution in [0.1, 0.15) is 30.1 Å². The van der Waals surface area contributed by atoms with Gasteiger partial charge in [-0.05, 0) is 67.3 Å². The van der Waals surface area contributed by atoms with Gasteiger partial charge in [-0.15, -0.1) is 0 Å². The molecular weight excluding hydrogens is 402 g/mol. The largest absolute Gasteiger partial charge is 0.378 e. The molecule has 2 aromatic carbocycles. The van der Waals surface area contributed by atoms with Crippen molar-refractivity contribution in [2.45, 2.75) is 25.3 Å². The van der Waals surface area contributed by atoms with Gasteiger partial charge in [-0.3, -0.25) is 0 Å². The molecule has 5 rings (SSSR count). The molecule has 0 bridgehead atoms. The minimum Gasteiger partial charge on any atom is -0.378 e. The summed E-state index contributed by atoms with van der Waals surface area (Å²) in [6, 6.07) is 15.7. The quantitative estimate of drug-likeness (QED) is 0.601. The van der Waals surface area contributed by atoms with Crippen LogP contribution in [0.5, 0.6) is 0 Å². The maximum absolute atomic E-state index is 5.45. The van der Waals surface area contributed by atoms with E-state index in [2.05, 4.69) is 73.6 Å². The summed E-state index contributed by atoms with van der Waals surface area (Å²) >= 11 is 3.61. The number of aryl methyl sites for hydroxylation is 1. The number of rotatable bonds is 3. The van der Waals surface area contributed by atoms with Gasteiger partial charge in [-0.2, -0.15) is 0 Å². The van der Waals surface area contributed by atoms with E-state index in [0.717, 1.165) is 43.6 Å². The third kappa shape index (κ3) is 3.34. The van der Waals surface area contributed by atoms with Crippen molar-refractivity contribution >= 4 is 38.2 Å². The number of hydrogen-bond donors (Lipinski definition) is 2. The van der Waals surface area contributed by atoms with Crippen LogP contribution in [0, 0.1) is 0 Å². The van der Waals surface area contributed by atoms with E-state index < -0.39 is 0 Å². The lowest BCUT2D eigenvalue weighted by Crippen LogP contribution is -2.36. The Balaban J connectivity index is 1.38. The topological polar surface area (TPSA) is 40.3 Å². The highest BCUT2D eigenvalue weighted by Crippen LogP contribution is 2.37. The molecule has 1 unspecified atom stereocenters. The smallest absolute Gasteiger partial charge is 0.0666 e. The predicted octanol–water partition coefficient (Wildman–Crippen LogP) is 5.26. The first-order valence-electron chi connectivity index (χ1n) is 9.77. The lowest BCUT2D eigenvalue weighted by Gasteiger charge is -2.29. The van der Waals surface area contributed by atoms with Crippen molar-refractivity contribution in [3.05, 3.63) is 58.2 Å². The van der Waals surface area contributed by atoms with Gasteiger partial charge in [-0.25, -0.2) is 0 Å². The molecule has 0 spiro atoms. The van der Waals surface area contributed by atoms with Crippen molar-refractivity contribution in [2.24, 2.45) is 0 Å². The molecule has 0 amide bonds. The van der Waals surface area contributed by atoms with Crippen LogP contribution in [0.3, 0.4) is 0 Å². The molecule has 1 atom stereocenters. The molecule has 1 aromatic heterocycles. The van der Waals surface area contributed by atoms with E-state index in [1.165, 1.54) is 40.0 Å². The van der Waals surface area contributed by atoms with Crippen LogP contribution in [-0.2, 0) is 11.2 Å². The molecule has 0 radical (unpaired) electrons. The van der Waals surface area contributed by atoms with E-state index in [1.54, 1.807) is 0 Å². The van der Waals surface area contributed by atoms with Crippen molar-refractivity contribution in [3.63, 3.8) is 0 Å². The van der Waals surface area contributed by atoms with Crippen LogP contribution in [0.4, 0.5) is 11.4 Å². The maximum atomic E-state index is 5.45. The van der Waals surface area contributed by atoms with E-state index >= 15 is 0 Å². The number of fused-ring (bicyclic) bond motifs is 3. The van der Waals surface area contributed by atoms with Crippen LogP contribution in [0.15, 0.2) is 46.9 Å². The second-order valence-electron chi connectivity index (χ2n) is 7.44. The second-order valence-corrected chi connectivity index (χ2v) is 8.36. The highest BCUT2D eigenvalue weighted by molar-refractivity contribution is 9.10. The number of nitrogens with one attached hydrogen (secondary N) is 2. The molecule has 2 N–H and O–H groups in total. The summed E-state index contributed by atoms with van der Waals surface area (Å²) in [5, 5.41) is 5.11. The van der Waals surface area contributed by atoms with Crippen LogP contribution in [0.25, 0.3) is 10.9 Å². The number of aromatic nitrogens is 1. The number of benzene rings is 2. The fourth-order valence-corrected chi connectivity index (χ4v) is 4.73. The summed E-state index contributed by atoms with van der Waals surface area (Å²) in [5.41, 5.74) is 6.53. The molecule has 4 nitrogen and oxygen atoms in total. The normalized spacial score (nSPS) is 19.9. The SMILES string of the molecule is Brc1ccc2[nH]c3c(c2c1)CCCC3Nc1ccc(N2CCOCC2)cc1. The minimum absolute atomic E-state index is 0.342. The molecule has 1 aliphatic heterocycles. The average Bonchev–Trinajstić information content (AvgIpc) is 3.08. The number of ether oxygens (including phenoxy) is 1. The van der Waals surface area contributed by atoms with Crippen LogP contribution in [0.2, 0.25) is 0 Å². The van der Waals surface area contributed by atoms with Crippen molar-refractivity contribution < 1.29 is 4.74 Å². The van der Waals surface area contributed by atoms with Gasteiger partial charge in [0.15, 0.2) is 0 Å². The minimum atomic E-state index is 0.342. The number of anilines is 2. The van der Waals surface area contributed by atoms with Crippen molar-refractivity contribution in [1.82, 2.24) is 4.98 Å². The van der Waals surface area contributed by atoms with Crippen LogP contribution >= 0.6 is 15.9 Å². The number of nitrogens with zero attached hydrogens (tertiary/aromatic N) is 1. The summed E-state index contributed by atoms with van der Waals surface area (Å²) in [5.74, 6) is 0. The van der Waals surface area contributed by atoms with E-state index in [4.69, 9.17) is 4.74 Å². The van der Waals surface area contributed by atoms with E-state index in [9.17, 15) is 0 Å². The maximum Gasteiger partial charge on any atom is 0.0666 e. The number of morpholine rings is 1. The third-order valence-corrected chi connectivity index (χ3v) is 6.25. The first-order chi connectivity index (χ1) is 13.3. The summed E-state index contributed by atoms with van der Waals surface area (Å²) < 4.78 is 6.59. The average molecular weight is 426 g/mol. The molecule has 27 heavy (non-hydrogen) atoms. The first-order valence-corrected chi connectivity index (χ1v) is 10.6. The number of H-pyrrole nitrogens is 1. The predicted molar refractivity (Wildman–Crippen MR) is 115 cm³/mol. The molecule has 2 heterocycles. The standard InChI is InChI=1S/C22H24BrN3O/c23-15-4-9-20-19(14-15)18-2-1-3-21(22(18)25-20)24-16-5-7-17(8-6-16)26-10-12-27-13-11-26/h4-9,14,21,24-25H,1-3,10-13H2. The zero-order valence-electron chi connectivity index (χ0n) is 15.3. The molecule has 1 fully saturated rings. The highest BCUT2D eigenvalue weighted by atomic mass is 79.9. The van der Waals surface area contributed by atoms with Gasteiger partial charge in [0.1, 0.15) is 0 Å². The fraction of sp³-hybridized carbons (Fsp3) is 0.364. The van der Waals surface area contributed by atoms with E-state index in [-0.39, 0.29) is 0 Å². The van der Waals surface area contributed by atoms with Gasteiger partial charge < -0.3 is 19.9 Å². The molecular formula is C22H24BrN3O. The molecule has 1 aliphatic carbocycles. The van der Waals surface area contributed by atoms with Crippen molar-refractivity contribution in [1.29, 1.82) is 0 Å². The Morgan fingerprint density at radius 2 is 1.89 bits per heavy atom. The van der Waals surface area contributed by atoms with Gasteiger partial charge in [-0.1, -0.05) is 15.9 Å². The van der Waals surface area contributed by atoms with E-state index in [0.29, 0.717) is 6.04 Å². The monoisotopic (exact) mass is 425 g/mol. The Morgan fingerprint density at radius 1 is 1.07 bits per heavy atom. The number of aromatic amines is 1. The Morgan fingerprint density at radius 3 is 2.70 bits per heavy atom. The van der Waals surface area contributed by atoms with Crippen LogP contribution < -0.4 is 10.2 Å². The summed E-state index contributed by atoms with van der Waals surface area (Å²) in [6.07, 6.45) is 3.53. The zero-order valence-corrected chi connectivity index (χ0v) is 16.9. The molecule has 2 aliphatic rings. The molecule has 1 saturated heterocycles. The first kappa shape index (κ1) is 17.1. The summed E-state index contributed by atoms with van der Waals surface area (Å²) in [4.78, 5) is 6.06. The summed E-state index contributed by atoms with van der Waals surface area (Å²) in [7, 11) is 0. The Labute approximate surface area is 168 Å². The lowest BCUT2D eigenvalue weighted by atomic mass is 9.91. The van der Waals surface area contributed by atoms with Gasteiger partial charge in [0.2, 0.25) is 0 Å². The number of hydrogen-bond acceptors (Lipinski definition) is 3. The van der Waals surface area contributed by atoms with Gasteiger partial charge >= 0.3 is 0 Å². The summed E-state index contributed by atoms with van der Waals surface area (Å²) in [6.45, 7) is 3.59. The van der Waals surface area contributed by atoms with Gasteiger partial charge in [0.05, 0.1) is 19.3 Å². The molecule has 3 aromatic rings. The van der Waals surface area contributed by atoms with Crippen molar-refractivity contribution in [2.75, 3.05) is 36.5 Å². The zero-order chi connectivity index (χ0) is 18.2. The lowest BCUT2D eigenvalue weighted by molar-refractivity contribution is 0.122. The Hall–Kier alpha value is -1.98. The molecule has 140 valence electrons.